The summed E-state index contributed by atoms with van der Waals surface area (Å²) in [6.45, 7) is 1.13. The van der Waals surface area contributed by atoms with Crippen molar-refractivity contribution in [2.75, 3.05) is 18.9 Å². The number of hydrogen-bond donors (Lipinski definition) is 1. The Hall–Kier alpha value is -2.37. The van der Waals surface area contributed by atoms with Gasteiger partial charge in [-0.2, -0.15) is 5.10 Å². The summed E-state index contributed by atoms with van der Waals surface area (Å²) >= 11 is 0. The lowest BCUT2D eigenvalue weighted by Gasteiger charge is -2.18. The molecule has 1 aromatic carbocycles. The summed E-state index contributed by atoms with van der Waals surface area (Å²) in [5, 5.41) is 7.38. The normalized spacial score (nSPS) is 13.4. The van der Waals surface area contributed by atoms with Crippen molar-refractivity contribution in [2.45, 2.75) is 0 Å². The second kappa shape index (κ2) is 3.89. The van der Waals surface area contributed by atoms with Crippen molar-refractivity contribution in [3.05, 3.63) is 24.4 Å². The third-order valence-corrected chi connectivity index (χ3v) is 2.41. The van der Waals surface area contributed by atoms with Gasteiger partial charge in [0.15, 0.2) is 11.5 Å². The molecule has 86 valence electrons. The highest BCUT2D eigenvalue weighted by Gasteiger charge is 2.13. The third kappa shape index (κ3) is 1.84. The van der Waals surface area contributed by atoms with Crippen molar-refractivity contribution >= 4 is 5.95 Å². The fourth-order valence-corrected chi connectivity index (χ4v) is 1.66. The van der Waals surface area contributed by atoms with Crippen molar-refractivity contribution in [3.8, 4) is 22.8 Å². The lowest BCUT2D eigenvalue weighted by atomic mass is 10.1. The standard InChI is InChI=1S/C11H10N4O2/c12-11-14-8(6-13-15-11)7-1-2-9-10(5-7)17-4-3-16-9/h1-2,5-6H,3-4H2,(H2,12,14,15). The van der Waals surface area contributed by atoms with E-state index in [4.69, 9.17) is 15.2 Å². The molecule has 2 N–H and O–H groups in total. The SMILES string of the molecule is Nc1nncc(-c2ccc3c(c2)OCCO3)n1. The van der Waals surface area contributed by atoms with E-state index in [2.05, 4.69) is 15.2 Å². The van der Waals surface area contributed by atoms with Crippen LogP contribution in [0.4, 0.5) is 5.95 Å². The van der Waals surface area contributed by atoms with Crippen molar-refractivity contribution in [1.29, 1.82) is 0 Å². The van der Waals surface area contributed by atoms with Gasteiger partial charge in [-0.25, -0.2) is 4.98 Å². The summed E-state index contributed by atoms with van der Waals surface area (Å²) in [4.78, 5) is 4.10. The second-order valence-electron chi connectivity index (χ2n) is 3.56. The van der Waals surface area contributed by atoms with Crippen LogP contribution in [0.25, 0.3) is 11.3 Å². The highest BCUT2D eigenvalue weighted by Crippen LogP contribution is 2.33. The maximum atomic E-state index is 5.50. The first-order valence-corrected chi connectivity index (χ1v) is 5.18. The second-order valence-corrected chi connectivity index (χ2v) is 3.56. The van der Waals surface area contributed by atoms with E-state index in [-0.39, 0.29) is 5.95 Å². The lowest BCUT2D eigenvalue weighted by molar-refractivity contribution is 0.171. The Bertz CT molecular complexity index is 559. The summed E-state index contributed by atoms with van der Waals surface area (Å²) < 4.78 is 10.9. The van der Waals surface area contributed by atoms with Gasteiger partial charge in [-0.15, -0.1) is 5.10 Å². The predicted molar refractivity (Wildman–Crippen MR) is 60.7 cm³/mol. The molecule has 0 saturated carbocycles. The number of nitrogens with two attached hydrogens (primary N) is 1. The Labute approximate surface area is 97.4 Å². The van der Waals surface area contributed by atoms with Crippen LogP contribution in [0.5, 0.6) is 11.5 Å². The molecule has 0 fully saturated rings. The van der Waals surface area contributed by atoms with Gasteiger partial charge in [0, 0.05) is 5.56 Å². The molecule has 0 atom stereocenters. The quantitative estimate of drug-likeness (QED) is 0.783. The lowest BCUT2D eigenvalue weighted by Crippen LogP contribution is -2.15. The smallest absolute Gasteiger partial charge is 0.240 e. The molecule has 0 aliphatic carbocycles. The van der Waals surface area contributed by atoms with Crippen LogP contribution in [0.2, 0.25) is 0 Å². The molecule has 6 heteroatoms. The van der Waals surface area contributed by atoms with E-state index in [0.717, 1.165) is 11.3 Å². The number of rotatable bonds is 1. The maximum absolute atomic E-state index is 5.50. The largest absolute Gasteiger partial charge is 0.486 e. The molecule has 0 saturated heterocycles. The van der Waals surface area contributed by atoms with Gasteiger partial charge in [0.05, 0.1) is 11.9 Å². The van der Waals surface area contributed by atoms with Crippen LogP contribution in [0.15, 0.2) is 24.4 Å². The van der Waals surface area contributed by atoms with E-state index >= 15 is 0 Å². The number of fused-ring (bicyclic) bond motifs is 1. The predicted octanol–water partition coefficient (Wildman–Crippen LogP) is 0.892. The first-order valence-electron chi connectivity index (χ1n) is 5.18. The number of anilines is 1. The Morgan fingerprint density at radius 1 is 1.12 bits per heavy atom. The molecule has 0 spiro atoms. The van der Waals surface area contributed by atoms with E-state index < -0.39 is 0 Å². The molecule has 0 radical (unpaired) electrons. The molecule has 2 aromatic rings. The van der Waals surface area contributed by atoms with Gasteiger partial charge in [-0.3, -0.25) is 0 Å². The molecule has 0 bridgehead atoms. The molecule has 1 aliphatic rings. The van der Waals surface area contributed by atoms with Crippen LogP contribution in [-0.2, 0) is 0 Å². The summed E-state index contributed by atoms with van der Waals surface area (Å²) in [5.74, 6) is 1.61. The van der Waals surface area contributed by atoms with Gasteiger partial charge in [0.25, 0.3) is 0 Å². The summed E-state index contributed by atoms with van der Waals surface area (Å²) in [5.41, 5.74) is 7.03. The molecule has 1 aliphatic heterocycles. The Balaban J connectivity index is 2.04. The Morgan fingerprint density at radius 3 is 2.76 bits per heavy atom. The fraction of sp³-hybridized carbons (Fsp3) is 0.182. The minimum atomic E-state index is 0.150. The van der Waals surface area contributed by atoms with E-state index in [9.17, 15) is 0 Å². The molecule has 0 unspecified atom stereocenters. The molecule has 1 aromatic heterocycles. The monoisotopic (exact) mass is 230 g/mol. The number of nitrogens with zero attached hydrogens (tertiary/aromatic N) is 3. The number of nitrogen functional groups attached to an aromatic ring is 1. The first-order chi connectivity index (χ1) is 8.33. The summed E-state index contributed by atoms with van der Waals surface area (Å²) in [6, 6.07) is 5.59. The zero-order valence-corrected chi connectivity index (χ0v) is 8.96. The van der Waals surface area contributed by atoms with Gasteiger partial charge in [-0.05, 0) is 18.2 Å². The Kier molecular flexibility index (Phi) is 2.25. The average molecular weight is 230 g/mol. The van der Waals surface area contributed by atoms with Crippen molar-refractivity contribution in [1.82, 2.24) is 15.2 Å². The molecule has 17 heavy (non-hydrogen) atoms. The molecular weight excluding hydrogens is 220 g/mol. The van der Waals surface area contributed by atoms with Crippen LogP contribution in [0, 0.1) is 0 Å². The molecular formula is C11H10N4O2. The van der Waals surface area contributed by atoms with E-state index in [1.807, 2.05) is 18.2 Å². The number of benzene rings is 1. The van der Waals surface area contributed by atoms with Gasteiger partial charge < -0.3 is 15.2 Å². The van der Waals surface area contributed by atoms with Gasteiger partial charge in [0.2, 0.25) is 5.95 Å². The average Bonchev–Trinajstić information content (AvgIpc) is 2.38. The van der Waals surface area contributed by atoms with E-state index in [1.54, 1.807) is 6.20 Å². The zero-order valence-electron chi connectivity index (χ0n) is 8.96. The van der Waals surface area contributed by atoms with E-state index in [0.29, 0.717) is 24.7 Å². The number of aromatic nitrogens is 3. The van der Waals surface area contributed by atoms with Gasteiger partial charge in [-0.1, -0.05) is 0 Å². The minimum Gasteiger partial charge on any atom is -0.486 e. The zero-order chi connectivity index (χ0) is 11.7. The fourth-order valence-electron chi connectivity index (χ4n) is 1.66. The topological polar surface area (TPSA) is 83.2 Å². The number of ether oxygens (including phenoxy) is 2. The van der Waals surface area contributed by atoms with E-state index in [1.165, 1.54) is 0 Å². The number of hydrogen-bond acceptors (Lipinski definition) is 6. The van der Waals surface area contributed by atoms with Gasteiger partial charge in [0.1, 0.15) is 13.2 Å². The molecule has 2 heterocycles. The van der Waals surface area contributed by atoms with Gasteiger partial charge >= 0.3 is 0 Å². The van der Waals surface area contributed by atoms with Crippen LogP contribution in [0.3, 0.4) is 0 Å². The highest BCUT2D eigenvalue weighted by molar-refractivity contribution is 5.63. The maximum Gasteiger partial charge on any atom is 0.240 e. The molecule has 0 amide bonds. The van der Waals surface area contributed by atoms with Crippen molar-refractivity contribution < 1.29 is 9.47 Å². The van der Waals surface area contributed by atoms with Crippen molar-refractivity contribution in [3.63, 3.8) is 0 Å². The summed E-state index contributed by atoms with van der Waals surface area (Å²) in [7, 11) is 0. The highest BCUT2D eigenvalue weighted by atomic mass is 16.6. The van der Waals surface area contributed by atoms with Crippen LogP contribution in [0.1, 0.15) is 0 Å². The third-order valence-electron chi connectivity index (χ3n) is 2.41. The molecule has 6 nitrogen and oxygen atoms in total. The van der Waals surface area contributed by atoms with Crippen molar-refractivity contribution in [2.24, 2.45) is 0 Å². The summed E-state index contributed by atoms with van der Waals surface area (Å²) in [6.07, 6.45) is 1.56. The first kappa shape index (κ1) is 9.83. The molecule has 3 rings (SSSR count). The van der Waals surface area contributed by atoms with Crippen LogP contribution < -0.4 is 15.2 Å². The Morgan fingerprint density at radius 2 is 1.94 bits per heavy atom. The van der Waals surface area contributed by atoms with Crippen LogP contribution >= 0.6 is 0 Å². The van der Waals surface area contributed by atoms with Crippen LogP contribution in [-0.4, -0.2) is 28.4 Å². The minimum absolute atomic E-state index is 0.150.